The molecule has 118 valence electrons. The van der Waals surface area contributed by atoms with Gasteiger partial charge in [0.1, 0.15) is 5.82 Å². The zero-order chi connectivity index (χ0) is 14.4. The van der Waals surface area contributed by atoms with Crippen molar-refractivity contribution in [2.75, 3.05) is 38.5 Å². The van der Waals surface area contributed by atoms with E-state index in [2.05, 4.69) is 15.5 Å². The van der Waals surface area contributed by atoms with Crippen molar-refractivity contribution in [2.24, 2.45) is 5.92 Å². The Morgan fingerprint density at radius 3 is 2.76 bits per heavy atom. The lowest BCUT2D eigenvalue weighted by atomic mass is 9.98. The van der Waals surface area contributed by atoms with Crippen LogP contribution in [-0.2, 0) is 4.79 Å². The molecule has 6 heteroatoms. The molecule has 1 aliphatic heterocycles. The third kappa shape index (κ3) is 5.99. The number of amides is 1. The number of carbonyl (C=O) groups is 1. The Hall–Kier alpha value is -1.17. The molecule has 1 aromatic rings. The van der Waals surface area contributed by atoms with E-state index in [1.54, 1.807) is 12.1 Å². The average Bonchev–Trinajstić information content (AvgIpc) is 2.42. The van der Waals surface area contributed by atoms with Gasteiger partial charge in [-0.05, 0) is 63.2 Å². The highest BCUT2D eigenvalue weighted by molar-refractivity contribution is 5.92. The number of carbonyl (C=O) groups excluding carboxylic acids is 1. The lowest BCUT2D eigenvalue weighted by molar-refractivity contribution is -0.117. The van der Waals surface area contributed by atoms with Crippen LogP contribution in [0.2, 0.25) is 0 Å². The topological polar surface area (TPSA) is 44.4 Å². The first-order chi connectivity index (χ1) is 9.67. The molecule has 4 nitrogen and oxygen atoms in total. The smallest absolute Gasteiger partial charge is 0.238 e. The predicted octanol–water partition coefficient (Wildman–Crippen LogP) is 2.12. The molecule has 1 amide bonds. The molecule has 1 saturated heterocycles. The zero-order valence-corrected chi connectivity index (χ0v) is 13.1. The summed E-state index contributed by atoms with van der Waals surface area (Å²) in [5.74, 6) is 0.281. The summed E-state index contributed by atoms with van der Waals surface area (Å²) in [4.78, 5) is 14.2. The lowest BCUT2D eigenvalue weighted by Gasteiger charge is -2.32. The van der Waals surface area contributed by atoms with Crippen LogP contribution < -0.4 is 10.6 Å². The second-order valence-electron chi connectivity index (χ2n) is 5.36. The van der Waals surface area contributed by atoms with Crippen molar-refractivity contribution in [2.45, 2.75) is 12.8 Å². The van der Waals surface area contributed by atoms with Crippen molar-refractivity contribution < 1.29 is 9.18 Å². The van der Waals surface area contributed by atoms with Crippen LogP contribution >= 0.6 is 12.4 Å². The molecule has 1 aromatic carbocycles. The van der Waals surface area contributed by atoms with Gasteiger partial charge in [-0.1, -0.05) is 0 Å². The maximum atomic E-state index is 12.8. The Morgan fingerprint density at radius 2 is 2.10 bits per heavy atom. The Bertz CT molecular complexity index is 439. The highest BCUT2D eigenvalue weighted by Gasteiger charge is 2.20. The number of piperidine rings is 1. The molecule has 21 heavy (non-hydrogen) atoms. The third-order valence-electron chi connectivity index (χ3n) is 3.59. The van der Waals surface area contributed by atoms with Gasteiger partial charge in [0.2, 0.25) is 5.91 Å². The molecule has 2 N–H and O–H groups in total. The van der Waals surface area contributed by atoms with Crippen LogP contribution in [0.25, 0.3) is 0 Å². The van der Waals surface area contributed by atoms with Gasteiger partial charge >= 0.3 is 0 Å². The van der Waals surface area contributed by atoms with E-state index in [0.717, 1.165) is 26.1 Å². The predicted molar refractivity (Wildman–Crippen MR) is 85.4 cm³/mol. The van der Waals surface area contributed by atoms with Gasteiger partial charge < -0.3 is 10.6 Å². The minimum atomic E-state index is -0.297. The Morgan fingerprint density at radius 1 is 1.38 bits per heavy atom. The Labute approximate surface area is 131 Å². The number of anilines is 1. The molecule has 0 saturated carbocycles. The molecule has 1 heterocycles. The molecule has 1 fully saturated rings. The van der Waals surface area contributed by atoms with Gasteiger partial charge in [0, 0.05) is 12.2 Å². The molecule has 0 aromatic heterocycles. The summed E-state index contributed by atoms with van der Waals surface area (Å²) in [5, 5.41) is 5.99. The van der Waals surface area contributed by atoms with Crippen LogP contribution in [0.4, 0.5) is 10.1 Å². The van der Waals surface area contributed by atoms with E-state index in [1.165, 1.54) is 18.6 Å². The first-order valence-corrected chi connectivity index (χ1v) is 7.10. The molecule has 1 atom stereocenters. The molecule has 0 spiro atoms. The van der Waals surface area contributed by atoms with Gasteiger partial charge in [0.15, 0.2) is 0 Å². The number of nitrogens with zero attached hydrogens (tertiary/aromatic N) is 1. The molecule has 1 aliphatic rings. The molecular formula is C15H23ClFN3O. The fourth-order valence-corrected chi connectivity index (χ4v) is 2.69. The highest BCUT2D eigenvalue weighted by atomic mass is 35.5. The fourth-order valence-electron chi connectivity index (χ4n) is 2.69. The van der Waals surface area contributed by atoms with Crippen LogP contribution in [0.5, 0.6) is 0 Å². The maximum absolute atomic E-state index is 12.8. The van der Waals surface area contributed by atoms with Gasteiger partial charge in [-0.2, -0.15) is 0 Å². The molecule has 0 radical (unpaired) electrons. The Kier molecular flexibility index (Phi) is 7.64. The van der Waals surface area contributed by atoms with Crippen LogP contribution in [0, 0.1) is 11.7 Å². The van der Waals surface area contributed by atoms with Gasteiger partial charge in [0.25, 0.3) is 0 Å². The van der Waals surface area contributed by atoms with Crippen LogP contribution in [-0.4, -0.2) is 44.0 Å². The number of benzene rings is 1. The monoisotopic (exact) mass is 315 g/mol. The van der Waals surface area contributed by atoms with E-state index < -0.39 is 0 Å². The first-order valence-electron chi connectivity index (χ1n) is 7.10. The van der Waals surface area contributed by atoms with Crippen molar-refractivity contribution in [3.05, 3.63) is 30.1 Å². The summed E-state index contributed by atoms with van der Waals surface area (Å²) in [6.45, 7) is 3.32. The standard InChI is InChI=1S/C15H22FN3O.ClH/c1-17-9-12-3-2-8-19(10-12)11-15(20)18-14-6-4-13(16)5-7-14;/h4-7,12,17H,2-3,8-11H2,1H3,(H,18,20);1H. The number of hydrogen-bond donors (Lipinski definition) is 2. The van der Waals surface area contributed by atoms with E-state index in [-0.39, 0.29) is 24.1 Å². The molecular weight excluding hydrogens is 293 g/mol. The van der Waals surface area contributed by atoms with Crippen molar-refractivity contribution >= 4 is 24.0 Å². The minimum Gasteiger partial charge on any atom is -0.325 e. The lowest BCUT2D eigenvalue weighted by Crippen LogP contribution is -2.42. The van der Waals surface area contributed by atoms with E-state index in [0.29, 0.717) is 18.2 Å². The van der Waals surface area contributed by atoms with Gasteiger partial charge in [-0.15, -0.1) is 12.4 Å². The van der Waals surface area contributed by atoms with Crippen molar-refractivity contribution in [3.63, 3.8) is 0 Å². The fraction of sp³-hybridized carbons (Fsp3) is 0.533. The SMILES string of the molecule is CNCC1CCCN(CC(=O)Nc2ccc(F)cc2)C1.Cl. The van der Waals surface area contributed by atoms with Crippen LogP contribution in [0.15, 0.2) is 24.3 Å². The molecule has 0 aliphatic carbocycles. The Balaban J connectivity index is 0.00000220. The maximum Gasteiger partial charge on any atom is 0.238 e. The normalized spacial score (nSPS) is 18.9. The molecule has 2 rings (SSSR count). The van der Waals surface area contributed by atoms with E-state index in [9.17, 15) is 9.18 Å². The zero-order valence-electron chi connectivity index (χ0n) is 12.3. The summed E-state index contributed by atoms with van der Waals surface area (Å²) in [6.07, 6.45) is 2.35. The number of hydrogen-bond acceptors (Lipinski definition) is 3. The summed E-state index contributed by atoms with van der Waals surface area (Å²) < 4.78 is 12.8. The van der Waals surface area contributed by atoms with E-state index in [4.69, 9.17) is 0 Å². The van der Waals surface area contributed by atoms with Crippen molar-refractivity contribution in [1.29, 1.82) is 0 Å². The minimum absolute atomic E-state index is 0. The molecule has 0 bridgehead atoms. The summed E-state index contributed by atoms with van der Waals surface area (Å²) in [7, 11) is 1.96. The number of likely N-dealkylation sites (tertiary alicyclic amines) is 1. The summed E-state index contributed by atoms with van der Waals surface area (Å²) in [6, 6.07) is 5.85. The first kappa shape index (κ1) is 17.9. The number of nitrogens with one attached hydrogen (secondary N) is 2. The van der Waals surface area contributed by atoms with Gasteiger partial charge in [0.05, 0.1) is 6.54 Å². The van der Waals surface area contributed by atoms with Gasteiger partial charge in [-0.25, -0.2) is 4.39 Å². The molecule has 1 unspecified atom stereocenters. The second-order valence-corrected chi connectivity index (χ2v) is 5.36. The van der Waals surface area contributed by atoms with Crippen LogP contribution in [0.1, 0.15) is 12.8 Å². The average molecular weight is 316 g/mol. The third-order valence-corrected chi connectivity index (χ3v) is 3.59. The van der Waals surface area contributed by atoms with E-state index in [1.807, 2.05) is 7.05 Å². The van der Waals surface area contributed by atoms with Gasteiger partial charge in [-0.3, -0.25) is 9.69 Å². The number of halogens is 2. The van der Waals surface area contributed by atoms with Crippen LogP contribution in [0.3, 0.4) is 0 Å². The second kappa shape index (κ2) is 8.97. The van der Waals surface area contributed by atoms with Crippen molar-refractivity contribution in [3.8, 4) is 0 Å². The van der Waals surface area contributed by atoms with Crippen molar-refractivity contribution in [1.82, 2.24) is 10.2 Å². The number of rotatable bonds is 5. The summed E-state index contributed by atoms with van der Waals surface area (Å²) in [5.41, 5.74) is 0.639. The quantitative estimate of drug-likeness (QED) is 0.875. The highest BCUT2D eigenvalue weighted by Crippen LogP contribution is 2.15. The summed E-state index contributed by atoms with van der Waals surface area (Å²) >= 11 is 0. The largest absolute Gasteiger partial charge is 0.325 e. The van der Waals surface area contributed by atoms with E-state index >= 15 is 0 Å².